The molecule has 0 unspecified atom stereocenters. The monoisotopic (exact) mass is 363 g/mol. The molecule has 0 spiro atoms. The van der Waals surface area contributed by atoms with Gasteiger partial charge in [-0.2, -0.15) is 0 Å². The smallest absolute Gasteiger partial charge is 0.267 e. The number of sulfone groups is 1. The Kier molecular flexibility index (Phi) is 4.87. The molecule has 0 aromatic carbocycles. The summed E-state index contributed by atoms with van der Waals surface area (Å²) in [6.07, 6.45) is 1.82. The van der Waals surface area contributed by atoms with Crippen LogP contribution < -0.4 is 5.32 Å². The van der Waals surface area contributed by atoms with E-state index in [0.717, 1.165) is 4.47 Å². The SMILES string of the molecule is Cn1cc(Br)cc1C(=O)NCCN1CCS(=O)(=O)CC1. The molecule has 1 saturated heterocycles. The van der Waals surface area contributed by atoms with Gasteiger partial charge in [-0.15, -0.1) is 0 Å². The van der Waals surface area contributed by atoms with Crippen LogP contribution in [0.4, 0.5) is 0 Å². The van der Waals surface area contributed by atoms with E-state index in [1.165, 1.54) is 0 Å². The lowest BCUT2D eigenvalue weighted by atomic mass is 10.4. The molecule has 1 N–H and O–H groups in total. The van der Waals surface area contributed by atoms with Crippen LogP contribution in [0, 0.1) is 0 Å². The molecule has 1 fully saturated rings. The number of hydrogen-bond donors (Lipinski definition) is 1. The molecule has 1 aromatic heterocycles. The predicted molar refractivity (Wildman–Crippen MR) is 80.5 cm³/mol. The van der Waals surface area contributed by atoms with Crippen LogP contribution in [-0.2, 0) is 16.9 Å². The Morgan fingerprint density at radius 1 is 1.40 bits per heavy atom. The van der Waals surface area contributed by atoms with Crippen molar-refractivity contribution in [3.05, 3.63) is 22.4 Å². The second kappa shape index (κ2) is 6.28. The standard InChI is InChI=1S/C12H18BrN3O3S/c1-15-9-10(13)8-11(15)12(17)14-2-3-16-4-6-20(18,19)7-5-16/h8-9H,2-7H2,1H3,(H,14,17). The van der Waals surface area contributed by atoms with Gasteiger partial charge in [0, 0.05) is 43.9 Å². The molecule has 0 saturated carbocycles. The average molecular weight is 364 g/mol. The maximum absolute atomic E-state index is 12.0. The van der Waals surface area contributed by atoms with Gasteiger partial charge in [0.1, 0.15) is 5.69 Å². The molecule has 0 atom stereocenters. The predicted octanol–water partition coefficient (Wildman–Crippen LogP) is 0.248. The second-order valence-electron chi connectivity index (χ2n) is 4.90. The molecular weight excluding hydrogens is 346 g/mol. The van der Waals surface area contributed by atoms with Crippen LogP contribution in [0.1, 0.15) is 10.5 Å². The molecule has 20 heavy (non-hydrogen) atoms. The summed E-state index contributed by atoms with van der Waals surface area (Å²) in [6.45, 7) is 2.29. The van der Waals surface area contributed by atoms with E-state index in [2.05, 4.69) is 26.1 Å². The lowest BCUT2D eigenvalue weighted by Gasteiger charge is -2.26. The molecule has 0 bridgehead atoms. The summed E-state index contributed by atoms with van der Waals surface area (Å²) in [5.74, 6) is 0.306. The van der Waals surface area contributed by atoms with Gasteiger partial charge >= 0.3 is 0 Å². The van der Waals surface area contributed by atoms with E-state index in [-0.39, 0.29) is 17.4 Å². The minimum absolute atomic E-state index is 0.122. The minimum Gasteiger partial charge on any atom is -0.349 e. The van der Waals surface area contributed by atoms with Crippen LogP contribution in [0.2, 0.25) is 0 Å². The number of aryl methyl sites for hydroxylation is 1. The number of nitrogens with one attached hydrogen (secondary N) is 1. The van der Waals surface area contributed by atoms with Gasteiger partial charge in [-0.25, -0.2) is 8.42 Å². The van der Waals surface area contributed by atoms with Gasteiger partial charge < -0.3 is 9.88 Å². The van der Waals surface area contributed by atoms with Gasteiger partial charge in [0.2, 0.25) is 0 Å². The Labute approximate surface area is 127 Å². The number of rotatable bonds is 4. The van der Waals surface area contributed by atoms with Crippen molar-refractivity contribution in [3.63, 3.8) is 0 Å². The van der Waals surface area contributed by atoms with E-state index >= 15 is 0 Å². The molecule has 2 heterocycles. The molecule has 6 nitrogen and oxygen atoms in total. The molecule has 2 rings (SSSR count). The topological polar surface area (TPSA) is 71.4 Å². The van der Waals surface area contributed by atoms with E-state index in [1.807, 2.05) is 13.2 Å². The fourth-order valence-electron chi connectivity index (χ4n) is 2.14. The van der Waals surface area contributed by atoms with Crippen LogP contribution in [0.15, 0.2) is 16.7 Å². The van der Waals surface area contributed by atoms with Crippen molar-refractivity contribution in [3.8, 4) is 0 Å². The summed E-state index contributed by atoms with van der Waals surface area (Å²) in [4.78, 5) is 14.0. The van der Waals surface area contributed by atoms with Crippen LogP contribution in [0.5, 0.6) is 0 Å². The Balaban J connectivity index is 1.76. The Morgan fingerprint density at radius 2 is 2.05 bits per heavy atom. The van der Waals surface area contributed by atoms with E-state index in [1.54, 1.807) is 10.6 Å². The number of hydrogen-bond acceptors (Lipinski definition) is 4. The summed E-state index contributed by atoms with van der Waals surface area (Å²) in [5.41, 5.74) is 0.595. The highest BCUT2D eigenvalue weighted by molar-refractivity contribution is 9.10. The van der Waals surface area contributed by atoms with Gasteiger partial charge in [-0.1, -0.05) is 0 Å². The third-order valence-electron chi connectivity index (χ3n) is 3.35. The van der Waals surface area contributed by atoms with Crippen LogP contribution in [0.25, 0.3) is 0 Å². The fourth-order valence-corrected chi connectivity index (χ4v) is 3.94. The second-order valence-corrected chi connectivity index (χ2v) is 8.12. The van der Waals surface area contributed by atoms with Gasteiger partial charge in [-0.05, 0) is 22.0 Å². The Bertz CT molecular complexity index is 583. The summed E-state index contributed by atoms with van der Waals surface area (Å²) < 4.78 is 25.2. The Hall–Kier alpha value is -0.860. The third kappa shape index (κ3) is 4.07. The molecule has 1 aliphatic rings. The average Bonchev–Trinajstić information content (AvgIpc) is 2.70. The van der Waals surface area contributed by atoms with E-state index in [9.17, 15) is 13.2 Å². The zero-order chi connectivity index (χ0) is 14.8. The number of carbonyl (C=O) groups excluding carboxylic acids is 1. The number of amides is 1. The maximum Gasteiger partial charge on any atom is 0.267 e. The lowest BCUT2D eigenvalue weighted by Crippen LogP contribution is -2.44. The largest absolute Gasteiger partial charge is 0.349 e. The molecule has 1 amide bonds. The van der Waals surface area contributed by atoms with Gasteiger partial charge in [0.15, 0.2) is 9.84 Å². The molecule has 0 aliphatic carbocycles. The van der Waals surface area contributed by atoms with Crippen molar-refractivity contribution in [1.29, 1.82) is 0 Å². The molecule has 112 valence electrons. The molecule has 0 radical (unpaired) electrons. The number of nitrogens with zero attached hydrogens (tertiary/aromatic N) is 2. The van der Waals surface area contributed by atoms with Crippen molar-refractivity contribution < 1.29 is 13.2 Å². The van der Waals surface area contributed by atoms with E-state index < -0.39 is 9.84 Å². The lowest BCUT2D eigenvalue weighted by molar-refractivity contribution is 0.0940. The number of carbonyl (C=O) groups is 1. The zero-order valence-corrected chi connectivity index (χ0v) is 13.7. The van der Waals surface area contributed by atoms with Gasteiger partial charge in [0.25, 0.3) is 5.91 Å². The molecule has 8 heteroatoms. The molecule has 1 aliphatic heterocycles. The fraction of sp³-hybridized carbons (Fsp3) is 0.583. The first kappa shape index (κ1) is 15.5. The van der Waals surface area contributed by atoms with Crippen LogP contribution in [-0.4, -0.2) is 61.5 Å². The van der Waals surface area contributed by atoms with Gasteiger partial charge in [-0.3, -0.25) is 9.69 Å². The summed E-state index contributed by atoms with van der Waals surface area (Å²) in [6, 6.07) is 1.77. The highest BCUT2D eigenvalue weighted by atomic mass is 79.9. The van der Waals surface area contributed by atoms with Crippen molar-refractivity contribution >= 4 is 31.7 Å². The van der Waals surface area contributed by atoms with Crippen molar-refractivity contribution in [2.24, 2.45) is 7.05 Å². The third-order valence-corrected chi connectivity index (χ3v) is 5.40. The maximum atomic E-state index is 12.0. The summed E-state index contributed by atoms with van der Waals surface area (Å²) in [5, 5.41) is 2.85. The molecule has 1 aromatic rings. The van der Waals surface area contributed by atoms with Crippen molar-refractivity contribution in [2.75, 3.05) is 37.7 Å². The summed E-state index contributed by atoms with van der Waals surface area (Å²) >= 11 is 3.33. The van der Waals surface area contributed by atoms with Crippen molar-refractivity contribution in [2.45, 2.75) is 0 Å². The van der Waals surface area contributed by atoms with Crippen LogP contribution >= 0.6 is 15.9 Å². The molecular formula is C12H18BrN3O3S. The normalized spacial score (nSPS) is 18.9. The zero-order valence-electron chi connectivity index (χ0n) is 11.3. The van der Waals surface area contributed by atoms with E-state index in [4.69, 9.17) is 0 Å². The Morgan fingerprint density at radius 3 is 2.60 bits per heavy atom. The minimum atomic E-state index is -2.84. The highest BCUT2D eigenvalue weighted by Crippen LogP contribution is 2.13. The quantitative estimate of drug-likeness (QED) is 0.832. The summed E-state index contributed by atoms with van der Waals surface area (Å²) in [7, 11) is -1.03. The van der Waals surface area contributed by atoms with Gasteiger partial charge in [0.05, 0.1) is 11.5 Å². The first-order chi connectivity index (χ1) is 9.37. The number of halogens is 1. The van der Waals surface area contributed by atoms with Crippen LogP contribution in [0.3, 0.4) is 0 Å². The first-order valence-electron chi connectivity index (χ1n) is 6.40. The number of aromatic nitrogens is 1. The highest BCUT2D eigenvalue weighted by Gasteiger charge is 2.21. The van der Waals surface area contributed by atoms with E-state index in [0.29, 0.717) is 31.9 Å². The van der Waals surface area contributed by atoms with Crippen molar-refractivity contribution in [1.82, 2.24) is 14.8 Å². The first-order valence-corrected chi connectivity index (χ1v) is 9.02.